The number of nitrogens with one attached hydrogen (secondary N) is 1. The maximum atomic E-state index is 12.2. The lowest BCUT2D eigenvalue weighted by Crippen LogP contribution is -2.20. The smallest absolute Gasteiger partial charge is 0.262 e. The molecule has 144 valence electrons. The molecule has 0 aliphatic rings. The lowest BCUT2D eigenvalue weighted by Gasteiger charge is -2.12. The van der Waals surface area contributed by atoms with E-state index in [2.05, 4.69) is 15.5 Å². The van der Waals surface area contributed by atoms with Crippen molar-refractivity contribution >= 4 is 11.6 Å². The molecule has 2 aromatic carbocycles. The van der Waals surface area contributed by atoms with Gasteiger partial charge < -0.3 is 14.8 Å². The van der Waals surface area contributed by atoms with E-state index in [0.29, 0.717) is 18.2 Å². The third-order valence-corrected chi connectivity index (χ3v) is 4.15. The minimum Gasteiger partial charge on any atom is -0.483 e. The number of nitrogens with zero attached hydrogens (tertiary/aromatic N) is 2. The Morgan fingerprint density at radius 3 is 2.25 bits per heavy atom. The van der Waals surface area contributed by atoms with Crippen LogP contribution in [0.25, 0.3) is 11.3 Å². The zero-order valence-electron chi connectivity index (χ0n) is 16.2. The van der Waals surface area contributed by atoms with Gasteiger partial charge in [-0.1, -0.05) is 30.3 Å². The molecule has 6 heteroatoms. The summed E-state index contributed by atoms with van der Waals surface area (Å²) in [4.78, 5) is 12.2. The van der Waals surface area contributed by atoms with Crippen molar-refractivity contribution in [2.45, 2.75) is 20.8 Å². The van der Waals surface area contributed by atoms with E-state index in [0.717, 1.165) is 28.1 Å². The van der Waals surface area contributed by atoms with Gasteiger partial charge in [-0.3, -0.25) is 4.79 Å². The summed E-state index contributed by atoms with van der Waals surface area (Å²) in [6.45, 7) is 6.33. The number of para-hydroxylation sites is 1. The van der Waals surface area contributed by atoms with E-state index in [-0.39, 0.29) is 12.5 Å². The highest BCUT2D eigenvalue weighted by molar-refractivity contribution is 5.92. The zero-order valence-corrected chi connectivity index (χ0v) is 16.2. The van der Waals surface area contributed by atoms with Crippen LogP contribution in [0.4, 0.5) is 5.69 Å². The molecule has 0 spiro atoms. The third kappa shape index (κ3) is 4.85. The van der Waals surface area contributed by atoms with E-state index in [1.807, 2.05) is 69.3 Å². The Balaban J connectivity index is 1.58. The van der Waals surface area contributed by atoms with Crippen molar-refractivity contribution in [2.24, 2.45) is 0 Å². The quantitative estimate of drug-likeness (QED) is 0.669. The number of carbonyl (C=O) groups excluding carboxylic acids is 1. The maximum Gasteiger partial charge on any atom is 0.262 e. The van der Waals surface area contributed by atoms with Crippen molar-refractivity contribution in [2.75, 3.05) is 18.5 Å². The van der Waals surface area contributed by atoms with Crippen LogP contribution >= 0.6 is 0 Å². The molecule has 0 unspecified atom stereocenters. The van der Waals surface area contributed by atoms with E-state index in [9.17, 15) is 4.79 Å². The van der Waals surface area contributed by atoms with Crippen LogP contribution in [-0.4, -0.2) is 29.3 Å². The monoisotopic (exact) mass is 377 g/mol. The second-order valence-corrected chi connectivity index (χ2v) is 6.32. The number of benzene rings is 2. The van der Waals surface area contributed by atoms with Crippen LogP contribution < -0.4 is 14.8 Å². The summed E-state index contributed by atoms with van der Waals surface area (Å²) in [7, 11) is 0. The molecule has 3 aromatic rings. The highest BCUT2D eigenvalue weighted by atomic mass is 16.5. The number of hydrogen-bond donors (Lipinski definition) is 1. The topological polar surface area (TPSA) is 73.3 Å². The molecule has 0 fully saturated rings. The van der Waals surface area contributed by atoms with E-state index >= 15 is 0 Å². The standard InChI is InChI=1S/C22H23N3O3/c1-4-27-21-13-12-19(24-25-21)17-8-10-18(11-9-17)23-20(26)14-28-22-15(2)6-5-7-16(22)3/h5-13H,4,14H2,1-3H3,(H,23,26). The number of carbonyl (C=O) groups is 1. The number of aryl methyl sites for hydroxylation is 2. The molecular weight excluding hydrogens is 354 g/mol. The van der Waals surface area contributed by atoms with Crippen molar-refractivity contribution in [3.63, 3.8) is 0 Å². The molecule has 0 saturated heterocycles. The predicted octanol–water partition coefficient (Wildman–Crippen LogP) is 4.18. The van der Waals surface area contributed by atoms with Crippen LogP contribution in [-0.2, 0) is 4.79 Å². The third-order valence-electron chi connectivity index (χ3n) is 4.15. The fourth-order valence-corrected chi connectivity index (χ4v) is 2.78. The van der Waals surface area contributed by atoms with E-state index in [1.165, 1.54) is 0 Å². The molecule has 1 N–H and O–H groups in total. The van der Waals surface area contributed by atoms with Crippen LogP contribution in [0.1, 0.15) is 18.1 Å². The Bertz CT molecular complexity index is 918. The number of amides is 1. The molecule has 0 aliphatic heterocycles. The molecule has 1 amide bonds. The minimum absolute atomic E-state index is 0.0438. The van der Waals surface area contributed by atoms with Gasteiger partial charge >= 0.3 is 0 Å². The van der Waals surface area contributed by atoms with Gasteiger partial charge in [0, 0.05) is 17.3 Å². The first-order valence-corrected chi connectivity index (χ1v) is 9.12. The van der Waals surface area contributed by atoms with Gasteiger partial charge in [-0.05, 0) is 50.1 Å². The van der Waals surface area contributed by atoms with Gasteiger partial charge in [0.1, 0.15) is 5.75 Å². The van der Waals surface area contributed by atoms with Crippen LogP contribution in [0.2, 0.25) is 0 Å². The van der Waals surface area contributed by atoms with Crippen molar-refractivity contribution < 1.29 is 14.3 Å². The summed E-state index contributed by atoms with van der Waals surface area (Å²) in [6, 6.07) is 16.9. The summed E-state index contributed by atoms with van der Waals surface area (Å²) in [5.41, 5.74) is 4.35. The Hall–Kier alpha value is -3.41. The summed E-state index contributed by atoms with van der Waals surface area (Å²) in [6.07, 6.45) is 0. The van der Waals surface area contributed by atoms with Crippen LogP contribution in [0.15, 0.2) is 54.6 Å². The van der Waals surface area contributed by atoms with Crippen molar-refractivity contribution in [1.82, 2.24) is 10.2 Å². The molecule has 6 nitrogen and oxygen atoms in total. The minimum atomic E-state index is -0.212. The second kappa shape index (κ2) is 8.99. The molecule has 28 heavy (non-hydrogen) atoms. The number of anilines is 1. The van der Waals surface area contributed by atoms with E-state index < -0.39 is 0 Å². The first-order valence-electron chi connectivity index (χ1n) is 9.12. The average Bonchev–Trinajstić information content (AvgIpc) is 2.69. The Morgan fingerprint density at radius 1 is 0.929 bits per heavy atom. The molecule has 1 aromatic heterocycles. The normalized spacial score (nSPS) is 10.4. The van der Waals surface area contributed by atoms with Gasteiger partial charge in [0.15, 0.2) is 6.61 Å². The van der Waals surface area contributed by atoms with Gasteiger partial charge in [-0.2, -0.15) is 0 Å². The van der Waals surface area contributed by atoms with Crippen LogP contribution in [0.3, 0.4) is 0 Å². The van der Waals surface area contributed by atoms with E-state index in [1.54, 1.807) is 6.07 Å². The first kappa shape index (κ1) is 19.4. The molecule has 1 heterocycles. The Labute approximate surface area is 164 Å². The molecule has 3 rings (SSSR count). The number of hydrogen-bond acceptors (Lipinski definition) is 5. The van der Waals surface area contributed by atoms with Gasteiger partial charge in [0.25, 0.3) is 5.91 Å². The molecule has 0 aliphatic carbocycles. The fraction of sp³-hybridized carbons (Fsp3) is 0.227. The van der Waals surface area contributed by atoms with Crippen molar-refractivity contribution in [3.05, 3.63) is 65.7 Å². The van der Waals surface area contributed by atoms with Crippen LogP contribution in [0.5, 0.6) is 11.6 Å². The molecule has 0 saturated carbocycles. The average molecular weight is 377 g/mol. The molecular formula is C22H23N3O3. The summed E-state index contributed by atoms with van der Waals surface area (Å²) in [5, 5.41) is 11.0. The molecule has 0 bridgehead atoms. The summed E-state index contributed by atoms with van der Waals surface area (Å²) >= 11 is 0. The van der Waals surface area contributed by atoms with Gasteiger partial charge in [0.05, 0.1) is 12.3 Å². The maximum absolute atomic E-state index is 12.2. The second-order valence-electron chi connectivity index (χ2n) is 6.32. The van der Waals surface area contributed by atoms with Crippen molar-refractivity contribution in [3.8, 4) is 22.9 Å². The summed E-state index contributed by atoms with van der Waals surface area (Å²) in [5.74, 6) is 1.04. The fourth-order valence-electron chi connectivity index (χ4n) is 2.78. The van der Waals surface area contributed by atoms with E-state index in [4.69, 9.17) is 9.47 Å². The number of ether oxygens (including phenoxy) is 2. The SMILES string of the molecule is CCOc1ccc(-c2ccc(NC(=O)COc3c(C)cccc3C)cc2)nn1. The summed E-state index contributed by atoms with van der Waals surface area (Å²) < 4.78 is 11.0. The van der Waals surface area contributed by atoms with Crippen LogP contribution in [0, 0.1) is 13.8 Å². The van der Waals surface area contributed by atoms with Gasteiger partial charge in [-0.25, -0.2) is 0 Å². The lowest BCUT2D eigenvalue weighted by atomic mass is 10.1. The first-order chi connectivity index (χ1) is 13.6. The largest absolute Gasteiger partial charge is 0.483 e. The number of aromatic nitrogens is 2. The molecule has 0 atom stereocenters. The number of rotatable bonds is 7. The molecule has 0 radical (unpaired) electrons. The van der Waals surface area contributed by atoms with Gasteiger partial charge in [-0.15, -0.1) is 10.2 Å². The zero-order chi connectivity index (χ0) is 19.9. The highest BCUT2D eigenvalue weighted by Gasteiger charge is 2.08. The Morgan fingerprint density at radius 2 is 1.64 bits per heavy atom. The predicted molar refractivity (Wildman–Crippen MR) is 109 cm³/mol. The van der Waals surface area contributed by atoms with Crippen molar-refractivity contribution in [1.29, 1.82) is 0 Å². The lowest BCUT2D eigenvalue weighted by molar-refractivity contribution is -0.118. The van der Waals surface area contributed by atoms with Gasteiger partial charge in [0.2, 0.25) is 5.88 Å². The Kier molecular flexibility index (Phi) is 6.22. The highest BCUT2D eigenvalue weighted by Crippen LogP contribution is 2.23.